The summed E-state index contributed by atoms with van der Waals surface area (Å²) in [7, 11) is 0. The number of nitrogen functional groups attached to an aromatic ring is 1. The predicted molar refractivity (Wildman–Crippen MR) is 72.6 cm³/mol. The lowest BCUT2D eigenvalue weighted by Crippen LogP contribution is -2.15. The van der Waals surface area contributed by atoms with Gasteiger partial charge in [-0.2, -0.15) is 10.4 Å². The van der Waals surface area contributed by atoms with Crippen LogP contribution in [0.1, 0.15) is 33.8 Å². The summed E-state index contributed by atoms with van der Waals surface area (Å²) in [6.07, 6.45) is 3.41. The molecule has 0 saturated carbocycles. The first-order valence-corrected chi connectivity index (χ1v) is 6.23. The molecule has 0 saturated heterocycles. The summed E-state index contributed by atoms with van der Waals surface area (Å²) in [5, 5.41) is 19.1. The Hall–Kier alpha value is -2.53. The van der Waals surface area contributed by atoms with Crippen LogP contribution >= 0.6 is 11.3 Å². The molecule has 2 aromatic heterocycles. The fourth-order valence-corrected chi connectivity index (χ4v) is 2.66. The van der Waals surface area contributed by atoms with Crippen molar-refractivity contribution in [3.05, 3.63) is 28.4 Å². The van der Waals surface area contributed by atoms with Crippen molar-refractivity contribution in [2.45, 2.75) is 13.0 Å². The second-order valence-corrected chi connectivity index (χ2v) is 4.94. The highest BCUT2D eigenvalue weighted by molar-refractivity contribution is 7.17. The van der Waals surface area contributed by atoms with E-state index in [1.54, 1.807) is 12.4 Å². The number of rotatable bonds is 4. The van der Waals surface area contributed by atoms with Crippen LogP contribution in [0.15, 0.2) is 12.4 Å². The second kappa shape index (κ2) is 4.99. The number of hydrogen-bond donors (Lipinski definition) is 4. The van der Waals surface area contributed by atoms with Gasteiger partial charge in [0, 0.05) is 11.8 Å². The Morgan fingerprint density at radius 3 is 2.95 bits per heavy atom. The first-order valence-electron chi connectivity index (χ1n) is 5.42. The topological polar surface area (TPSA) is 134 Å². The predicted octanol–water partition coefficient (Wildman–Crippen LogP) is 1.20. The zero-order chi connectivity index (χ0) is 14.0. The summed E-state index contributed by atoms with van der Waals surface area (Å²) in [6.45, 7) is 1.90. The molecule has 19 heavy (non-hydrogen) atoms. The smallest absolute Gasteiger partial charge is 0.253 e. The third-order valence-electron chi connectivity index (χ3n) is 2.66. The second-order valence-electron chi connectivity index (χ2n) is 3.92. The molecule has 98 valence electrons. The maximum atomic E-state index is 11.4. The number of aromatic nitrogens is 2. The average Bonchev–Trinajstić information content (AvgIpc) is 2.96. The number of nitriles is 1. The van der Waals surface area contributed by atoms with E-state index in [0.717, 1.165) is 16.9 Å². The van der Waals surface area contributed by atoms with Crippen molar-refractivity contribution >= 4 is 27.9 Å². The number of nitrogens with one attached hydrogen (secondary N) is 2. The van der Waals surface area contributed by atoms with E-state index in [-0.39, 0.29) is 22.2 Å². The van der Waals surface area contributed by atoms with Crippen LogP contribution in [0.2, 0.25) is 0 Å². The summed E-state index contributed by atoms with van der Waals surface area (Å²) in [6, 6.07) is 1.85. The van der Waals surface area contributed by atoms with Crippen LogP contribution in [0, 0.1) is 11.3 Å². The van der Waals surface area contributed by atoms with Gasteiger partial charge in [0.1, 0.15) is 15.9 Å². The molecule has 0 radical (unpaired) electrons. The molecule has 0 bridgehead atoms. The number of carbonyl (C=O) groups is 1. The van der Waals surface area contributed by atoms with E-state index < -0.39 is 5.91 Å². The molecular weight excluding hydrogens is 264 g/mol. The molecule has 0 aliphatic rings. The van der Waals surface area contributed by atoms with Crippen molar-refractivity contribution in [1.29, 1.82) is 5.26 Å². The molecule has 6 N–H and O–H groups in total. The van der Waals surface area contributed by atoms with Crippen molar-refractivity contribution in [3.8, 4) is 6.07 Å². The normalized spacial score (nSPS) is 11.8. The van der Waals surface area contributed by atoms with E-state index >= 15 is 0 Å². The molecule has 1 unspecified atom stereocenters. The molecule has 2 heterocycles. The maximum Gasteiger partial charge on any atom is 0.253 e. The van der Waals surface area contributed by atoms with E-state index in [1.807, 2.05) is 13.0 Å². The average molecular weight is 276 g/mol. The van der Waals surface area contributed by atoms with Crippen molar-refractivity contribution in [2.24, 2.45) is 5.73 Å². The first-order chi connectivity index (χ1) is 9.04. The zero-order valence-electron chi connectivity index (χ0n) is 10.1. The van der Waals surface area contributed by atoms with Crippen molar-refractivity contribution in [1.82, 2.24) is 10.2 Å². The molecule has 1 atom stereocenters. The minimum absolute atomic E-state index is 0.0959. The lowest BCUT2D eigenvalue weighted by atomic mass is 10.2. The van der Waals surface area contributed by atoms with E-state index in [0.29, 0.717) is 5.00 Å². The van der Waals surface area contributed by atoms with Gasteiger partial charge in [0.15, 0.2) is 0 Å². The Kier molecular flexibility index (Phi) is 3.39. The summed E-state index contributed by atoms with van der Waals surface area (Å²) >= 11 is 1.11. The third kappa shape index (κ3) is 2.36. The minimum atomic E-state index is -0.655. The fraction of sp³-hybridized carbons (Fsp3) is 0.182. The summed E-state index contributed by atoms with van der Waals surface area (Å²) in [5.74, 6) is -0.655. The van der Waals surface area contributed by atoms with Gasteiger partial charge in [-0.05, 0) is 6.92 Å². The molecule has 1 amide bonds. The lowest BCUT2D eigenvalue weighted by Gasteiger charge is -2.12. The highest BCUT2D eigenvalue weighted by Gasteiger charge is 2.21. The number of thiophene rings is 1. The highest BCUT2D eigenvalue weighted by atomic mass is 32.1. The number of aromatic amines is 1. The number of hydrogen-bond acceptors (Lipinski definition) is 6. The van der Waals surface area contributed by atoms with E-state index in [1.165, 1.54) is 0 Å². The summed E-state index contributed by atoms with van der Waals surface area (Å²) in [5.41, 5.74) is 12.2. The van der Waals surface area contributed by atoms with Gasteiger partial charge in [-0.1, -0.05) is 0 Å². The van der Waals surface area contributed by atoms with Gasteiger partial charge in [-0.25, -0.2) is 0 Å². The number of carbonyl (C=O) groups excluding carboxylic acids is 1. The number of amides is 1. The SMILES string of the molecule is CC(Nc1sc(C#N)c(N)c1C(N)=O)c1cn[nH]c1. The highest BCUT2D eigenvalue weighted by Crippen LogP contribution is 2.36. The van der Waals surface area contributed by atoms with E-state index in [9.17, 15) is 4.79 Å². The minimum Gasteiger partial charge on any atom is -0.396 e. The van der Waals surface area contributed by atoms with Gasteiger partial charge < -0.3 is 16.8 Å². The Morgan fingerprint density at radius 1 is 1.68 bits per heavy atom. The number of H-pyrrole nitrogens is 1. The third-order valence-corrected chi connectivity index (χ3v) is 3.70. The number of nitrogens with zero attached hydrogens (tertiary/aromatic N) is 2. The van der Waals surface area contributed by atoms with Gasteiger partial charge in [0.25, 0.3) is 5.91 Å². The molecular formula is C11H12N6OS. The van der Waals surface area contributed by atoms with Gasteiger partial charge in [0.2, 0.25) is 0 Å². The van der Waals surface area contributed by atoms with E-state index in [4.69, 9.17) is 16.7 Å². The summed E-state index contributed by atoms with van der Waals surface area (Å²) < 4.78 is 0. The standard InChI is InChI=1S/C11H12N6OS/c1-5(6-3-15-16-4-6)17-11-8(10(14)18)9(13)7(2-12)19-11/h3-5,17H,13H2,1H3,(H2,14,18)(H,15,16). The molecule has 2 rings (SSSR count). The van der Waals surface area contributed by atoms with Crippen LogP contribution in [0.5, 0.6) is 0 Å². The largest absolute Gasteiger partial charge is 0.396 e. The van der Waals surface area contributed by atoms with Gasteiger partial charge in [-0.15, -0.1) is 11.3 Å². The number of primary amides is 1. The van der Waals surface area contributed by atoms with E-state index in [2.05, 4.69) is 15.5 Å². The quantitative estimate of drug-likeness (QED) is 0.665. The summed E-state index contributed by atoms with van der Waals surface area (Å²) in [4.78, 5) is 11.7. The Bertz CT molecular complexity index is 639. The maximum absolute atomic E-state index is 11.4. The Balaban J connectivity index is 2.35. The van der Waals surface area contributed by atoms with Crippen molar-refractivity contribution in [2.75, 3.05) is 11.1 Å². The lowest BCUT2D eigenvalue weighted by molar-refractivity contribution is 0.100. The van der Waals surface area contributed by atoms with Crippen molar-refractivity contribution in [3.63, 3.8) is 0 Å². The van der Waals surface area contributed by atoms with Gasteiger partial charge in [-0.3, -0.25) is 9.89 Å². The number of anilines is 2. The monoisotopic (exact) mass is 276 g/mol. The van der Waals surface area contributed by atoms with Gasteiger partial charge in [0.05, 0.1) is 23.5 Å². The Labute approximate surface area is 113 Å². The van der Waals surface area contributed by atoms with Crippen LogP contribution in [0.4, 0.5) is 10.7 Å². The molecule has 2 aromatic rings. The van der Waals surface area contributed by atoms with Crippen LogP contribution in [-0.2, 0) is 0 Å². The molecule has 0 aliphatic carbocycles. The molecule has 0 aliphatic heterocycles. The molecule has 0 aromatic carbocycles. The van der Waals surface area contributed by atoms with Crippen molar-refractivity contribution < 1.29 is 4.79 Å². The van der Waals surface area contributed by atoms with Crippen LogP contribution in [0.25, 0.3) is 0 Å². The molecule has 0 spiro atoms. The zero-order valence-corrected chi connectivity index (χ0v) is 10.9. The van der Waals surface area contributed by atoms with Crippen LogP contribution < -0.4 is 16.8 Å². The molecule has 8 heteroatoms. The Morgan fingerprint density at radius 2 is 2.42 bits per heavy atom. The van der Waals surface area contributed by atoms with Crippen LogP contribution in [0.3, 0.4) is 0 Å². The van der Waals surface area contributed by atoms with Gasteiger partial charge >= 0.3 is 0 Å². The molecule has 7 nitrogen and oxygen atoms in total. The van der Waals surface area contributed by atoms with Crippen LogP contribution in [-0.4, -0.2) is 16.1 Å². The fourth-order valence-electron chi connectivity index (χ4n) is 1.65. The molecule has 0 fully saturated rings. The number of nitrogens with two attached hydrogens (primary N) is 2. The first kappa shape index (κ1) is 12.9.